The second kappa shape index (κ2) is 8.64. The third-order valence-electron chi connectivity index (χ3n) is 8.79. The monoisotopic (exact) mass is 537 g/mol. The number of nitrogens with zero attached hydrogens (tertiary/aromatic N) is 1. The smallest absolute Gasteiger partial charge is 0.197 e. The zero-order chi connectivity index (χ0) is 27.9. The molecule has 0 bridgehead atoms. The SMILES string of the molecule is Cc1cc(-c2cc3oc4ccccc4c3cc2Nc2ccccc2C)c2c(c1)-n1c3ccccc3c3cccc(c31)[B]2. The van der Waals surface area contributed by atoms with E-state index in [9.17, 15) is 0 Å². The first kappa shape index (κ1) is 23.5. The van der Waals surface area contributed by atoms with Gasteiger partial charge in [0.15, 0.2) is 7.28 Å². The molecule has 3 nitrogen and oxygen atoms in total. The van der Waals surface area contributed by atoms with Gasteiger partial charge in [0.2, 0.25) is 0 Å². The molecule has 0 unspecified atom stereocenters. The van der Waals surface area contributed by atoms with Crippen LogP contribution in [-0.2, 0) is 0 Å². The fourth-order valence-corrected chi connectivity index (χ4v) is 6.86. The minimum Gasteiger partial charge on any atom is -0.456 e. The maximum Gasteiger partial charge on any atom is 0.197 e. The molecule has 42 heavy (non-hydrogen) atoms. The third kappa shape index (κ3) is 3.29. The molecular weight excluding hydrogens is 511 g/mol. The highest BCUT2D eigenvalue weighted by Crippen LogP contribution is 2.40. The van der Waals surface area contributed by atoms with Gasteiger partial charge in [-0.1, -0.05) is 84.3 Å². The largest absolute Gasteiger partial charge is 0.456 e. The summed E-state index contributed by atoms with van der Waals surface area (Å²) in [6.07, 6.45) is 0. The summed E-state index contributed by atoms with van der Waals surface area (Å²) in [6, 6.07) is 41.3. The van der Waals surface area contributed by atoms with Gasteiger partial charge in [-0.05, 0) is 72.4 Å². The van der Waals surface area contributed by atoms with Crippen molar-refractivity contribution in [2.75, 3.05) is 5.32 Å². The standard InChI is InChI=1S/C38H26BN2O/c1-22-18-29(37-34(19-22)41-33-16-7-4-11-24(33)26-13-9-14-30(39-37)38(26)41)27-21-36-28(25-12-5-8-17-35(25)42-36)20-32(27)40-31-15-6-3-10-23(31)2/h3-21,40H,1-2H3. The molecule has 4 heteroatoms. The summed E-state index contributed by atoms with van der Waals surface area (Å²) in [5.41, 5.74) is 14.8. The van der Waals surface area contributed by atoms with Crippen molar-refractivity contribution in [3.05, 3.63) is 126 Å². The summed E-state index contributed by atoms with van der Waals surface area (Å²) in [5, 5.41) is 8.62. The molecule has 1 aliphatic heterocycles. The Hall–Kier alpha value is -5.22. The first-order chi connectivity index (χ1) is 20.6. The average molecular weight is 537 g/mol. The number of rotatable bonds is 3. The fourth-order valence-electron chi connectivity index (χ4n) is 6.86. The molecule has 0 amide bonds. The zero-order valence-corrected chi connectivity index (χ0v) is 23.4. The van der Waals surface area contributed by atoms with Crippen molar-refractivity contribution in [2.24, 2.45) is 0 Å². The molecule has 0 fully saturated rings. The van der Waals surface area contributed by atoms with Gasteiger partial charge in [-0.25, -0.2) is 0 Å². The molecule has 0 aliphatic carbocycles. The minimum atomic E-state index is 0.891. The van der Waals surface area contributed by atoms with Crippen LogP contribution in [0, 0.1) is 13.8 Å². The molecule has 197 valence electrons. The lowest BCUT2D eigenvalue weighted by molar-refractivity contribution is 0.669. The number of anilines is 2. The van der Waals surface area contributed by atoms with E-state index in [1.165, 1.54) is 55.1 Å². The quantitative estimate of drug-likeness (QED) is 0.229. The van der Waals surface area contributed by atoms with E-state index in [-0.39, 0.29) is 0 Å². The topological polar surface area (TPSA) is 30.1 Å². The molecule has 0 spiro atoms. The van der Waals surface area contributed by atoms with Gasteiger partial charge in [0.1, 0.15) is 11.2 Å². The molecule has 8 aromatic rings. The number of hydrogen-bond acceptors (Lipinski definition) is 2. The van der Waals surface area contributed by atoms with Crippen LogP contribution in [0.15, 0.2) is 120 Å². The van der Waals surface area contributed by atoms with Gasteiger partial charge in [0.05, 0.1) is 5.52 Å². The maximum atomic E-state index is 6.42. The Labute approximate surface area is 244 Å². The van der Waals surface area contributed by atoms with Crippen molar-refractivity contribution in [1.82, 2.24) is 4.57 Å². The lowest BCUT2D eigenvalue weighted by Gasteiger charge is -2.25. The van der Waals surface area contributed by atoms with Crippen LogP contribution in [0.4, 0.5) is 11.4 Å². The highest BCUT2D eigenvalue weighted by Gasteiger charge is 2.26. The van der Waals surface area contributed by atoms with Crippen LogP contribution in [0.2, 0.25) is 0 Å². The van der Waals surface area contributed by atoms with E-state index < -0.39 is 0 Å². The molecule has 0 saturated carbocycles. The Kier molecular flexibility index (Phi) is 4.83. The first-order valence-corrected chi connectivity index (χ1v) is 14.4. The van der Waals surface area contributed by atoms with Crippen molar-refractivity contribution in [1.29, 1.82) is 0 Å². The minimum absolute atomic E-state index is 0.891. The van der Waals surface area contributed by atoms with E-state index in [4.69, 9.17) is 4.42 Å². The Morgan fingerprint density at radius 1 is 0.619 bits per heavy atom. The molecular formula is C38H26BN2O. The Morgan fingerprint density at radius 2 is 1.40 bits per heavy atom. The molecule has 1 aliphatic rings. The van der Waals surface area contributed by atoms with Crippen LogP contribution in [0.5, 0.6) is 0 Å². The predicted molar refractivity (Wildman–Crippen MR) is 178 cm³/mol. The van der Waals surface area contributed by atoms with Crippen molar-refractivity contribution in [3.63, 3.8) is 0 Å². The lowest BCUT2D eigenvalue weighted by Crippen LogP contribution is -2.37. The maximum absolute atomic E-state index is 6.42. The summed E-state index contributed by atoms with van der Waals surface area (Å²) in [4.78, 5) is 0. The number of nitrogens with one attached hydrogen (secondary N) is 1. The molecule has 0 atom stereocenters. The molecule has 1 radical (unpaired) electrons. The molecule has 1 N–H and O–H groups in total. The molecule has 6 aromatic carbocycles. The number of aromatic nitrogens is 1. The predicted octanol–water partition coefficient (Wildman–Crippen LogP) is 8.68. The Morgan fingerprint density at radius 3 is 2.31 bits per heavy atom. The highest BCUT2D eigenvalue weighted by atomic mass is 16.3. The Bertz CT molecular complexity index is 2390. The highest BCUT2D eigenvalue weighted by molar-refractivity contribution is 6.73. The summed E-state index contributed by atoms with van der Waals surface area (Å²) in [7, 11) is 2.37. The second-order valence-corrected chi connectivity index (χ2v) is 11.4. The zero-order valence-electron chi connectivity index (χ0n) is 23.4. The normalized spacial score (nSPS) is 12.2. The van der Waals surface area contributed by atoms with Crippen LogP contribution >= 0.6 is 0 Å². The average Bonchev–Trinajstić information content (AvgIpc) is 3.55. The molecule has 0 saturated heterocycles. The van der Waals surface area contributed by atoms with E-state index in [2.05, 4.69) is 134 Å². The summed E-state index contributed by atoms with van der Waals surface area (Å²) >= 11 is 0. The van der Waals surface area contributed by atoms with Gasteiger partial charge in [-0.15, -0.1) is 0 Å². The van der Waals surface area contributed by atoms with Gasteiger partial charge in [0, 0.05) is 49.7 Å². The first-order valence-electron chi connectivity index (χ1n) is 14.4. The van der Waals surface area contributed by atoms with Crippen LogP contribution in [0.3, 0.4) is 0 Å². The Balaban J connectivity index is 1.36. The van der Waals surface area contributed by atoms with E-state index in [0.717, 1.165) is 38.9 Å². The molecule has 9 rings (SSSR count). The number of aryl methyl sites for hydroxylation is 2. The van der Waals surface area contributed by atoms with Crippen molar-refractivity contribution in [2.45, 2.75) is 13.8 Å². The van der Waals surface area contributed by atoms with Crippen molar-refractivity contribution < 1.29 is 4.42 Å². The molecule has 2 aromatic heterocycles. The lowest BCUT2D eigenvalue weighted by atomic mass is 9.59. The van der Waals surface area contributed by atoms with Crippen LogP contribution in [-0.4, -0.2) is 11.8 Å². The molecule has 3 heterocycles. The second-order valence-electron chi connectivity index (χ2n) is 11.4. The van der Waals surface area contributed by atoms with Gasteiger partial charge >= 0.3 is 0 Å². The van der Waals surface area contributed by atoms with Crippen LogP contribution in [0.1, 0.15) is 11.1 Å². The van der Waals surface area contributed by atoms with Crippen molar-refractivity contribution >= 4 is 73.3 Å². The van der Waals surface area contributed by atoms with Gasteiger partial charge in [-0.2, -0.15) is 0 Å². The van der Waals surface area contributed by atoms with Gasteiger partial charge in [0.25, 0.3) is 0 Å². The van der Waals surface area contributed by atoms with E-state index in [1.807, 2.05) is 12.1 Å². The third-order valence-corrected chi connectivity index (χ3v) is 8.79. The van der Waals surface area contributed by atoms with Crippen molar-refractivity contribution in [3.8, 4) is 16.8 Å². The van der Waals surface area contributed by atoms with Gasteiger partial charge < -0.3 is 14.3 Å². The van der Waals surface area contributed by atoms with E-state index >= 15 is 0 Å². The number of benzene rings is 6. The number of hydrogen-bond donors (Lipinski definition) is 1. The van der Waals surface area contributed by atoms with Gasteiger partial charge in [-0.3, -0.25) is 0 Å². The summed E-state index contributed by atoms with van der Waals surface area (Å²) in [6.45, 7) is 4.34. The summed E-state index contributed by atoms with van der Waals surface area (Å²) < 4.78 is 8.88. The van der Waals surface area contributed by atoms with E-state index in [0.29, 0.717) is 0 Å². The number of fused-ring (bicyclic) bond motifs is 8. The van der Waals surface area contributed by atoms with Crippen LogP contribution in [0.25, 0.3) is 60.6 Å². The number of para-hydroxylation sites is 4. The number of furan rings is 1. The summed E-state index contributed by atoms with van der Waals surface area (Å²) in [5.74, 6) is 0. The fraction of sp³-hybridized carbons (Fsp3) is 0.0526. The van der Waals surface area contributed by atoms with E-state index in [1.54, 1.807) is 0 Å². The van der Waals surface area contributed by atoms with Crippen LogP contribution < -0.4 is 16.2 Å².